The lowest BCUT2D eigenvalue weighted by Crippen LogP contribution is -2.39. The van der Waals surface area contributed by atoms with Gasteiger partial charge in [-0.25, -0.2) is 0 Å². The van der Waals surface area contributed by atoms with Crippen LogP contribution >= 0.6 is 0 Å². The summed E-state index contributed by atoms with van der Waals surface area (Å²) in [6.07, 6.45) is -0.117. The van der Waals surface area contributed by atoms with Gasteiger partial charge in [0, 0.05) is 19.0 Å². The topological polar surface area (TPSA) is 53.8 Å². The Balaban J connectivity index is 1.87. The molecule has 0 spiro atoms. The van der Waals surface area contributed by atoms with Gasteiger partial charge in [0.15, 0.2) is 6.10 Å². The molecule has 0 bridgehead atoms. The van der Waals surface area contributed by atoms with E-state index in [0.717, 1.165) is 11.3 Å². The maximum atomic E-state index is 10.0. The van der Waals surface area contributed by atoms with Gasteiger partial charge in [0.25, 0.3) is 0 Å². The standard InChI is InChI=1S/C14H20N2O2/c1-10(2)15-9-13(17)14-8-12(16-18-14)11-6-4-3-5-7-11/h3-7,10,13-15,17H,8-9H2,1-2H3/t13-,14+/m0/s1. The summed E-state index contributed by atoms with van der Waals surface area (Å²) < 4.78 is 0. The van der Waals surface area contributed by atoms with Gasteiger partial charge in [-0.1, -0.05) is 49.3 Å². The maximum Gasteiger partial charge on any atom is 0.160 e. The SMILES string of the molecule is CC(C)NC[C@H](O)[C@H]1CC(c2ccccc2)=NO1. The second-order valence-corrected chi connectivity index (χ2v) is 4.88. The molecule has 2 rings (SSSR count). The molecule has 98 valence electrons. The summed E-state index contributed by atoms with van der Waals surface area (Å²) in [5, 5.41) is 17.3. The number of oxime groups is 1. The Morgan fingerprint density at radius 1 is 1.39 bits per heavy atom. The number of rotatable bonds is 5. The van der Waals surface area contributed by atoms with E-state index in [1.54, 1.807) is 0 Å². The molecule has 1 aliphatic heterocycles. The summed E-state index contributed by atoms with van der Waals surface area (Å²) in [4.78, 5) is 5.31. The van der Waals surface area contributed by atoms with Crippen LogP contribution in [-0.2, 0) is 4.84 Å². The minimum atomic E-state index is -0.530. The van der Waals surface area contributed by atoms with Gasteiger partial charge in [-0.2, -0.15) is 0 Å². The lowest BCUT2D eigenvalue weighted by Gasteiger charge is -2.18. The molecule has 0 saturated heterocycles. The molecule has 18 heavy (non-hydrogen) atoms. The molecular weight excluding hydrogens is 228 g/mol. The van der Waals surface area contributed by atoms with Crippen molar-refractivity contribution in [3.63, 3.8) is 0 Å². The number of aliphatic hydroxyl groups is 1. The van der Waals surface area contributed by atoms with Crippen molar-refractivity contribution in [1.82, 2.24) is 5.32 Å². The van der Waals surface area contributed by atoms with Gasteiger partial charge in [0.2, 0.25) is 0 Å². The van der Waals surface area contributed by atoms with Crippen molar-refractivity contribution in [3.8, 4) is 0 Å². The highest BCUT2D eigenvalue weighted by Crippen LogP contribution is 2.18. The van der Waals surface area contributed by atoms with Crippen molar-refractivity contribution < 1.29 is 9.94 Å². The van der Waals surface area contributed by atoms with E-state index in [1.165, 1.54) is 0 Å². The molecule has 0 aliphatic carbocycles. The number of benzene rings is 1. The number of hydrogen-bond acceptors (Lipinski definition) is 4. The second kappa shape index (κ2) is 5.98. The van der Waals surface area contributed by atoms with Crippen molar-refractivity contribution in [2.45, 2.75) is 38.5 Å². The zero-order chi connectivity index (χ0) is 13.0. The van der Waals surface area contributed by atoms with E-state index in [2.05, 4.69) is 10.5 Å². The van der Waals surface area contributed by atoms with Crippen LogP contribution in [0.4, 0.5) is 0 Å². The third-order valence-electron chi connectivity index (χ3n) is 2.96. The largest absolute Gasteiger partial charge is 0.389 e. The molecule has 1 aliphatic rings. The quantitative estimate of drug-likeness (QED) is 0.831. The molecule has 1 heterocycles. The van der Waals surface area contributed by atoms with Gasteiger partial charge in [0.1, 0.15) is 6.10 Å². The van der Waals surface area contributed by atoms with Crippen LogP contribution in [0, 0.1) is 0 Å². The molecule has 0 fully saturated rings. The molecule has 0 radical (unpaired) electrons. The molecule has 0 aromatic heterocycles. The smallest absolute Gasteiger partial charge is 0.160 e. The van der Waals surface area contributed by atoms with Gasteiger partial charge in [-0.05, 0) is 5.56 Å². The van der Waals surface area contributed by atoms with Gasteiger partial charge in [0.05, 0.1) is 5.71 Å². The van der Waals surface area contributed by atoms with Crippen LogP contribution in [-0.4, -0.2) is 35.6 Å². The van der Waals surface area contributed by atoms with E-state index in [1.807, 2.05) is 44.2 Å². The average molecular weight is 248 g/mol. The third kappa shape index (κ3) is 3.31. The predicted molar refractivity (Wildman–Crippen MR) is 71.6 cm³/mol. The van der Waals surface area contributed by atoms with E-state index in [9.17, 15) is 5.11 Å². The molecular formula is C14H20N2O2. The van der Waals surface area contributed by atoms with E-state index in [-0.39, 0.29) is 6.10 Å². The van der Waals surface area contributed by atoms with Gasteiger partial charge in [-0.15, -0.1) is 0 Å². The van der Waals surface area contributed by atoms with Crippen molar-refractivity contribution in [3.05, 3.63) is 35.9 Å². The fourth-order valence-electron chi connectivity index (χ4n) is 1.89. The Hall–Kier alpha value is -1.39. The van der Waals surface area contributed by atoms with Crippen molar-refractivity contribution >= 4 is 5.71 Å². The molecule has 0 unspecified atom stereocenters. The highest BCUT2D eigenvalue weighted by atomic mass is 16.7. The van der Waals surface area contributed by atoms with Crippen molar-refractivity contribution in [2.24, 2.45) is 5.16 Å². The Bertz CT molecular complexity index is 404. The molecule has 2 atom stereocenters. The number of nitrogens with zero attached hydrogens (tertiary/aromatic N) is 1. The fraction of sp³-hybridized carbons (Fsp3) is 0.500. The highest BCUT2D eigenvalue weighted by molar-refractivity contribution is 6.01. The van der Waals surface area contributed by atoms with Crippen LogP contribution in [0.5, 0.6) is 0 Å². The first-order chi connectivity index (χ1) is 8.66. The molecule has 2 N–H and O–H groups in total. The molecule has 0 amide bonds. The number of nitrogens with one attached hydrogen (secondary N) is 1. The van der Waals surface area contributed by atoms with Crippen LogP contribution < -0.4 is 5.32 Å². The summed E-state index contributed by atoms with van der Waals surface area (Å²) in [7, 11) is 0. The zero-order valence-corrected chi connectivity index (χ0v) is 10.8. The molecule has 1 aromatic carbocycles. The van der Waals surface area contributed by atoms with Crippen molar-refractivity contribution in [2.75, 3.05) is 6.54 Å². The van der Waals surface area contributed by atoms with Crippen LogP contribution in [0.15, 0.2) is 35.5 Å². The van der Waals surface area contributed by atoms with Crippen LogP contribution in [0.3, 0.4) is 0 Å². The first-order valence-corrected chi connectivity index (χ1v) is 6.36. The summed E-state index contributed by atoms with van der Waals surface area (Å²) in [6, 6.07) is 10.3. The van der Waals surface area contributed by atoms with E-state index >= 15 is 0 Å². The predicted octanol–water partition coefficient (Wildman–Crippen LogP) is 1.54. The summed E-state index contributed by atoms with van der Waals surface area (Å²) >= 11 is 0. The fourth-order valence-corrected chi connectivity index (χ4v) is 1.89. The van der Waals surface area contributed by atoms with Crippen LogP contribution in [0.25, 0.3) is 0 Å². The van der Waals surface area contributed by atoms with Crippen molar-refractivity contribution in [1.29, 1.82) is 0 Å². The summed E-state index contributed by atoms with van der Waals surface area (Å²) in [6.45, 7) is 4.63. The first-order valence-electron chi connectivity index (χ1n) is 6.36. The molecule has 4 heteroatoms. The van der Waals surface area contributed by atoms with Gasteiger partial charge in [-0.3, -0.25) is 0 Å². The minimum Gasteiger partial charge on any atom is -0.389 e. The van der Waals surface area contributed by atoms with Gasteiger partial charge < -0.3 is 15.3 Å². The summed E-state index contributed by atoms with van der Waals surface area (Å²) in [5.41, 5.74) is 1.97. The first kappa shape index (κ1) is 13.1. The molecule has 0 saturated carbocycles. The lowest BCUT2D eigenvalue weighted by molar-refractivity contribution is -0.0166. The highest BCUT2D eigenvalue weighted by Gasteiger charge is 2.28. The average Bonchev–Trinajstić information content (AvgIpc) is 2.86. The van der Waals surface area contributed by atoms with Crippen LogP contribution in [0.2, 0.25) is 0 Å². The monoisotopic (exact) mass is 248 g/mol. The number of hydrogen-bond donors (Lipinski definition) is 2. The molecule has 1 aromatic rings. The second-order valence-electron chi connectivity index (χ2n) is 4.88. The number of aliphatic hydroxyl groups excluding tert-OH is 1. The Morgan fingerprint density at radius 3 is 2.78 bits per heavy atom. The normalized spacial score (nSPS) is 20.7. The Morgan fingerprint density at radius 2 is 2.11 bits per heavy atom. The third-order valence-corrected chi connectivity index (χ3v) is 2.96. The molecule has 4 nitrogen and oxygen atoms in total. The minimum absolute atomic E-state index is 0.244. The lowest BCUT2D eigenvalue weighted by atomic mass is 10.0. The van der Waals surface area contributed by atoms with Gasteiger partial charge >= 0.3 is 0 Å². The van der Waals surface area contributed by atoms with Crippen LogP contribution in [0.1, 0.15) is 25.8 Å². The zero-order valence-electron chi connectivity index (χ0n) is 10.8. The van der Waals surface area contributed by atoms with E-state index in [0.29, 0.717) is 19.0 Å². The Kier molecular flexibility index (Phi) is 4.33. The Labute approximate surface area is 108 Å². The van der Waals surface area contributed by atoms with E-state index in [4.69, 9.17) is 4.84 Å². The summed E-state index contributed by atoms with van der Waals surface area (Å²) in [5.74, 6) is 0. The van der Waals surface area contributed by atoms with E-state index < -0.39 is 6.10 Å². The maximum absolute atomic E-state index is 10.0.